The van der Waals surface area contributed by atoms with E-state index in [2.05, 4.69) is 46.2 Å². The molecule has 22 heavy (non-hydrogen) atoms. The van der Waals surface area contributed by atoms with Crippen molar-refractivity contribution in [3.8, 4) is 0 Å². The molecule has 1 aromatic heterocycles. The molecule has 0 amide bonds. The molecule has 6 nitrogen and oxygen atoms in total. The Morgan fingerprint density at radius 3 is 2.45 bits per heavy atom. The molecule has 0 aliphatic carbocycles. The van der Waals surface area contributed by atoms with Gasteiger partial charge in [-0.25, -0.2) is 4.57 Å². The minimum absolute atomic E-state index is 0.786. The van der Waals surface area contributed by atoms with E-state index in [4.69, 9.17) is 0 Å². The minimum atomic E-state index is 0.786. The van der Waals surface area contributed by atoms with Gasteiger partial charge in [0.15, 0.2) is 0 Å². The predicted molar refractivity (Wildman–Crippen MR) is 85.8 cm³/mol. The third kappa shape index (κ3) is 3.00. The SMILES string of the molecule is CCn1nc[n+](CC)c1N=Nc1ccc(N2CCCC2)cc1. The first-order valence-electron chi connectivity index (χ1n) is 8.03. The van der Waals surface area contributed by atoms with E-state index in [1.807, 2.05) is 21.4 Å². The Labute approximate surface area is 131 Å². The molecule has 2 heterocycles. The number of anilines is 1. The van der Waals surface area contributed by atoms with E-state index >= 15 is 0 Å². The summed E-state index contributed by atoms with van der Waals surface area (Å²) in [5.41, 5.74) is 2.15. The number of aryl methyl sites for hydroxylation is 2. The lowest BCUT2D eigenvalue weighted by Crippen LogP contribution is -2.30. The zero-order chi connectivity index (χ0) is 15.4. The third-order valence-electron chi connectivity index (χ3n) is 4.03. The molecule has 6 heteroatoms. The van der Waals surface area contributed by atoms with Gasteiger partial charge in [0, 0.05) is 23.9 Å². The molecule has 1 aliphatic rings. The second-order valence-corrected chi connectivity index (χ2v) is 5.44. The number of rotatable bonds is 5. The molecule has 3 rings (SSSR count). The molecule has 0 bridgehead atoms. The topological polar surface area (TPSA) is 49.7 Å². The summed E-state index contributed by atoms with van der Waals surface area (Å²) in [5, 5.41) is 13.0. The molecular weight excluding hydrogens is 276 g/mol. The van der Waals surface area contributed by atoms with Gasteiger partial charge in [-0.05, 0) is 56.1 Å². The molecule has 0 atom stereocenters. The van der Waals surface area contributed by atoms with Crippen molar-refractivity contribution >= 4 is 17.3 Å². The minimum Gasteiger partial charge on any atom is -0.372 e. The molecule has 2 aromatic rings. The fourth-order valence-corrected chi connectivity index (χ4v) is 2.74. The van der Waals surface area contributed by atoms with E-state index in [1.54, 1.807) is 6.33 Å². The Morgan fingerprint density at radius 1 is 1.09 bits per heavy atom. The summed E-state index contributed by atoms with van der Waals surface area (Å²) in [6.45, 7) is 8.07. The maximum Gasteiger partial charge on any atom is 0.403 e. The van der Waals surface area contributed by atoms with Gasteiger partial charge in [-0.3, -0.25) is 0 Å². The standard InChI is InChI=1S/C16H23N6/c1-3-20-13-17-22(4-2)16(20)19-18-14-7-9-15(10-8-14)21-11-5-6-12-21/h7-10,13H,3-6,11-12H2,1-2H3/q+1. The van der Waals surface area contributed by atoms with E-state index in [1.165, 1.54) is 18.5 Å². The van der Waals surface area contributed by atoms with Gasteiger partial charge in [0.1, 0.15) is 0 Å². The van der Waals surface area contributed by atoms with Gasteiger partial charge in [-0.2, -0.15) is 0 Å². The summed E-state index contributed by atoms with van der Waals surface area (Å²) in [6.07, 6.45) is 4.38. The van der Waals surface area contributed by atoms with Crippen molar-refractivity contribution in [2.45, 2.75) is 39.8 Å². The Kier molecular flexibility index (Phi) is 4.46. The van der Waals surface area contributed by atoms with Gasteiger partial charge in [0.25, 0.3) is 0 Å². The summed E-state index contributed by atoms with van der Waals surface area (Å²) in [7, 11) is 0. The number of azo groups is 1. The molecule has 0 saturated carbocycles. The van der Waals surface area contributed by atoms with Crippen LogP contribution < -0.4 is 9.47 Å². The van der Waals surface area contributed by atoms with E-state index in [0.717, 1.165) is 37.8 Å². The number of nitrogens with zero attached hydrogens (tertiary/aromatic N) is 6. The van der Waals surface area contributed by atoms with Crippen LogP contribution in [0.1, 0.15) is 26.7 Å². The zero-order valence-corrected chi connectivity index (χ0v) is 13.3. The normalized spacial score (nSPS) is 15.1. The summed E-state index contributed by atoms with van der Waals surface area (Å²) in [5.74, 6) is 0.786. The Hall–Kier alpha value is -2.24. The number of hydrogen-bond donors (Lipinski definition) is 0. The molecular formula is C16H23N6+. The molecule has 116 valence electrons. The van der Waals surface area contributed by atoms with Crippen LogP contribution in [0.3, 0.4) is 0 Å². The first-order chi connectivity index (χ1) is 10.8. The van der Waals surface area contributed by atoms with Crippen molar-refractivity contribution in [3.05, 3.63) is 30.6 Å². The molecule has 0 spiro atoms. The monoisotopic (exact) mass is 299 g/mol. The molecule has 1 fully saturated rings. The first kappa shape index (κ1) is 14.7. The van der Waals surface area contributed by atoms with Crippen molar-refractivity contribution in [1.82, 2.24) is 9.78 Å². The molecule has 1 aromatic carbocycles. The number of aromatic nitrogens is 3. The van der Waals surface area contributed by atoms with Crippen molar-refractivity contribution in [2.75, 3.05) is 18.0 Å². The maximum absolute atomic E-state index is 4.38. The summed E-state index contributed by atoms with van der Waals surface area (Å²) < 4.78 is 3.84. The van der Waals surface area contributed by atoms with Gasteiger partial charge < -0.3 is 4.90 Å². The summed E-state index contributed by atoms with van der Waals surface area (Å²) in [6, 6.07) is 8.32. The number of hydrogen-bond acceptors (Lipinski definition) is 4. The van der Waals surface area contributed by atoms with Crippen LogP contribution in [0.4, 0.5) is 17.3 Å². The maximum atomic E-state index is 4.38. The van der Waals surface area contributed by atoms with Crippen LogP contribution in [-0.4, -0.2) is 22.9 Å². The second-order valence-electron chi connectivity index (χ2n) is 5.44. The Morgan fingerprint density at radius 2 is 1.82 bits per heavy atom. The fraction of sp³-hybridized carbons (Fsp3) is 0.500. The molecule has 0 N–H and O–H groups in total. The predicted octanol–water partition coefficient (Wildman–Crippen LogP) is 3.23. The van der Waals surface area contributed by atoms with Gasteiger partial charge in [-0.1, -0.05) is 5.11 Å². The van der Waals surface area contributed by atoms with E-state index in [9.17, 15) is 0 Å². The van der Waals surface area contributed by atoms with Gasteiger partial charge in [-0.15, -0.1) is 4.68 Å². The van der Waals surface area contributed by atoms with Crippen LogP contribution in [-0.2, 0) is 13.1 Å². The van der Waals surface area contributed by atoms with Crippen LogP contribution in [0.5, 0.6) is 0 Å². The second kappa shape index (κ2) is 6.68. The van der Waals surface area contributed by atoms with Crippen molar-refractivity contribution < 1.29 is 4.57 Å². The fourth-order valence-electron chi connectivity index (χ4n) is 2.74. The highest BCUT2D eigenvalue weighted by molar-refractivity contribution is 5.53. The smallest absolute Gasteiger partial charge is 0.372 e. The molecule has 1 saturated heterocycles. The van der Waals surface area contributed by atoms with Crippen LogP contribution >= 0.6 is 0 Å². The summed E-state index contributed by atoms with van der Waals surface area (Å²) in [4.78, 5) is 2.41. The Balaban J connectivity index is 1.76. The van der Waals surface area contributed by atoms with E-state index < -0.39 is 0 Å². The molecule has 1 aliphatic heterocycles. The lowest BCUT2D eigenvalue weighted by molar-refractivity contribution is -0.681. The number of benzene rings is 1. The molecule has 0 radical (unpaired) electrons. The highest BCUT2D eigenvalue weighted by Gasteiger charge is 2.16. The highest BCUT2D eigenvalue weighted by Crippen LogP contribution is 2.24. The highest BCUT2D eigenvalue weighted by atomic mass is 15.4. The third-order valence-corrected chi connectivity index (χ3v) is 4.03. The average molecular weight is 299 g/mol. The average Bonchev–Trinajstić information content (AvgIpc) is 3.22. The van der Waals surface area contributed by atoms with Gasteiger partial charge in [0.05, 0.1) is 18.8 Å². The van der Waals surface area contributed by atoms with Crippen LogP contribution in [0, 0.1) is 0 Å². The van der Waals surface area contributed by atoms with E-state index in [-0.39, 0.29) is 0 Å². The van der Waals surface area contributed by atoms with Gasteiger partial charge in [0.2, 0.25) is 6.33 Å². The van der Waals surface area contributed by atoms with Crippen LogP contribution in [0.15, 0.2) is 40.8 Å². The molecule has 0 unspecified atom stereocenters. The van der Waals surface area contributed by atoms with Crippen molar-refractivity contribution in [1.29, 1.82) is 0 Å². The van der Waals surface area contributed by atoms with Crippen molar-refractivity contribution in [2.24, 2.45) is 10.2 Å². The van der Waals surface area contributed by atoms with Crippen molar-refractivity contribution in [3.63, 3.8) is 0 Å². The zero-order valence-electron chi connectivity index (χ0n) is 13.3. The summed E-state index contributed by atoms with van der Waals surface area (Å²) >= 11 is 0. The Bertz CT molecular complexity index is 616. The quantitative estimate of drug-likeness (QED) is 0.628. The lowest BCUT2D eigenvalue weighted by Gasteiger charge is -2.16. The van der Waals surface area contributed by atoms with Gasteiger partial charge >= 0.3 is 5.95 Å². The van der Waals surface area contributed by atoms with Crippen LogP contribution in [0.25, 0.3) is 0 Å². The largest absolute Gasteiger partial charge is 0.403 e. The lowest BCUT2D eigenvalue weighted by atomic mass is 10.2. The van der Waals surface area contributed by atoms with Crippen LogP contribution in [0.2, 0.25) is 0 Å². The first-order valence-corrected chi connectivity index (χ1v) is 8.03. The van der Waals surface area contributed by atoms with E-state index in [0.29, 0.717) is 0 Å².